The predicted molar refractivity (Wildman–Crippen MR) is 65.0 cm³/mol. The predicted octanol–water partition coefficient (Wildman–Crippen LogP) is 3.35. The zero-order valence-corrected chi connectivity index (χ0v) is 10.2. The quantitative estimate of drug-likeness (QED) is 0.708. The first-order chi connectivity index (χ1) is 8.72. The Morgan fingerprint density at radius 3 is 2.56 bits per heavy atom. The number of aryl methyl sites for hydroxylation is 1. The number of rotatable bonds is 2. The molecule has 0 saturated heterocycles. The molecular formula is C12H8ClN3O2. The number of halogens is 1. The Morgan fingerprint density at radius 2 is 1.89 bits per heavy atom. The maximum atomic E-state index is 5.81. The van der Waals surface area contributed by atoms with Gasteiger partial charge in [-0.15, -0.1) is 0 Å². The molecule has 5 nitrogen and oxygen atoms in total. The normalized spacial score (nSPS) is 10.8. The Hall–Kier alpha value is -2.14. The van der Waals surface area contributed by atoms with Crippen LogP contribution in [0, 0.1) is 6.92 Å². The fraction of sp³-hybridized carbons (Fsp3) is 0.0833. The van der Waals surface area contributed by atoms with E-state index >= 15 is 0 Å². The molecule has 0 atom stereocenters. The summed E-state index contributed by atoms with van der Waals surface area (Å²) in [4.78, 5) is 8.38. The van der Waals surface area contributed by atoms with Crippen LogP contribution in [0.5, 0.6) is 0 Å². The third-order valence-electron chi connectivity index (χ3n) is 2.37. The molecule has 3 rings (SSSR count). The Kier molecular flexibility index (Phi) is 2.60. The molecule has 0 amide bonds. The maximum Gasteiger partial charge on any atom is 0.258 e. The number of oxazole rings is 1. The zero-order valence-electron chi connectivity index (χ0n) is 9.42. The van der Waals surface area contributed by atoms with Crippen LogP contribution in [0.1, 0.15) is 5.89 Å². The standard InChI is InChI=1S/C12H8ClN3O2/c1-7-14-10(6-17-7)11-15-12(18-16-11)8-2-4-9(13)5-3-8/h2-6H,1H3. The molecule has 2 aromatic heterocycles. The van der Waals surface area contributed by atoms with E-state index in [9.17, 15) is 0 Å². The summed E-state index contributed by atoms with van der Waals surface area (Å²) in [5, 5.41) is 4.51. The van der Waals surface area contributed by atoms with E-state index in [1.807, 2.05) is 12.1 Å². The van der Waals surface area contributed by atoms with Gasteiger partial charge in [-0.2, -0.15) is 4.98 Å². The number of hydrogen-bond donors (Lipinski definition) is 0. The second-order valence-electron chi connectivity index (χ2n) is 3.68. The summed E-state index contributed by atoms with van der Waals surface area (Å²) in [6, 6.07) is 7.16. The lowest BCUT2D eigenvalue weighted by Crippen LogP contribution is -1.81. The van der Waals surface area contributed by atoms with Gasteiger partial charge in [-0.25, -0.2) is 4.98 Å². The van der Waals surface area contributed by atoms with Crippen molar-refractivity contribution in [3.8, 4) is 23.0 Å². The highest BCUT2D eigenvalue weighted by Crippen LogP contribution is 2.22. The van der Waals surface area contributed by atoms with Crippen molar-refractivity contribution in [2.75, 3.05) is 0 Å². The number of aromatic nitrogens is 3. The second kappa shape index (κ2) is 4.27. The highest BCUT2D eigenvalue weighted by atomic mass is 35.5. The van der Waals surface area contributed by atoms with Crippen molar-refractivity contribution in [3.05, 3.63) is 41.4 Å². The Morgan fingerprint density at radius 1 is 1.11 bits per heavy atom. The zero-order chi connectivity index (χ0) is 12.5. The minimum atomic E-state index is 0.400. The van der Waals surface area contributed by atoms with E-state index in [4.69, 9.17) is 20.5 Å². The largest absolute Gasteiger partial charge is 0.449 e. The molecule has 0 spiro atoms. The van der Waals surface area contributed by atoms with Crippen molar-refractivity contribution in [1.29, 1.82) is 0 Å². The van der Waals surface area contributed by atoms with Crippen molar-refractivity contribution in [3.63, 3.8) is 0 Å². The van der Waals surface area contributed by atoms with Gasteiger partial charge in [-0.3, -0.25) is 0 Å². The lowest BCUT2D eigenvalue weighted by molar-refractivity contribution is 0.432. The van der Waals surface area contributed by atoms with E-state index in [-0.39, 0.29) is 0 Å². The van der Waals surface area contributed by atoms with Crippen LogP contribution in [0.2, 0.25) is 5.02 Å². The summed E-state index contributed by atoms with van der Waals surface area (Å²) in [7, 11) is 0. The molecule has 2 heterocycles. The van der Waals surface area contributed by atoms with E-state index in [1.165, 1.54) is 6.26 Å². The van der Waals surface area contributed by atoms with Crippen LogP contribution in [0.3, 0.4) is 0 Å². The smallest absolute Gasteiger partial charge is 0.258 e. The number of nitrogens with zero attached hydrogens (tertiary/aromatic N) is 3. The summed E-state index contributed by atoms with van der Waals surface area (Å²) in [5.41, 5.74) is 1.36. The Bertz CT molecular complexity index is 673. The maximum absolute atomic E-state index is 5.81. The van der Waals surface area contributed by atoms with Crippen molar-refractivity contribution >= 4 is 11.6 Å². The molecule has 6 heteroatoms. The van der Waals surface area contributed by atoms with Crippen LogP contribution in [0.15, 0.2) is 39.5 Å². The molecule has 0 unspecified atom stereocenters. The van der Waals surface area contributed by atoms with E-state index < -0.39 is 0 Å². The van der Waals surface area contributed by atoms with E-state index in [0.29, 0.717) is 28.3 Å². The van der Waals surface area contributed by atoms with Gasteiger partial charge < -0.3 is 8.94 Å². The first kappa shape index (κ1) is 11.0. The third-order valence-corrected chi connectivity index (χ3v) is 2.62. The number of hydrogen-bond acceptors (Lipinski definition) is 5. The monoisotopic (exact) mass is 261 g/mol. The van der Waals surface area contributed by atoms with E-state index in [2.05, 4.69) is 15.1 Å². The lowest BCUT2D eigenvalue weighted by Gasteiger charge is -1.92. The van der Waals surface area contributed by atoms with Gasteiger partial charge >= 0.3 is 0 Å². The van der Waals surface area contributed by atoms with Crippen LogP contribution in [-0.2, 0) is 0 Å². The molecule has 18 heavy (non-hydrogen) atoms. The third kappa shape index (κ3) is 2.00. The first-order valence-electron chi connectivity index (χ1n) is 5.24. The van der Waals surface area contributed by atoms with Gasteiger partial charge in [0.1, 0.15) is 12.0 Å². The SMILES string of the molecule is Cc1nc(-c2noc(-c3ccc(Cl)cc3)n2)co1. The van der Waals surface area contributed by atoms with Gasteiger partial charge in [0.25, 0.3) is 5.89 Å². The molecule has 1 aromatic carbocycles. The van der Waals surface area contributed by atoms with Crippen LogP contribution >= 0.6 is 11.6 Å². The Labute approximate surface area is 107 Å². The topological polar surface area (TPSA) is 65.0 Å². The molecule has 0 radical (unpaired) electrons. The summed E-state index contributed by atoms with van der Waals surface area (Å²) >= 11 is 5.81. The Balaban J connectivity index is 1.96. The molecule has 0 bridgehead atoms. The molecule has 0 aliphatic rings. The fourth-order valence-electron chi connectivity index (χ4n) is 1.50. The van der Waals surface area contributed by atoms with Crippen molar-refractivity contribution < 1.29 is 8.94 Å². The number of benzene rings is 1. The van der Waals surface area contributed by atoms with Crippen molar-refractivity contribution in [2.45, 2.75) is 6.92 Å². The van der Waals surface area contributed by atoms with Gasteiger partial charge in [0.2, 0.25) is 5.82 Å². The minimum absolute atomic E-state index is 0.400. The summed E-state index contributed by atoms with van der Waals surface area (Å²) in [6.07, 6.45) is 1.49. The molecular weight excluding hydrogens is 254 g/mol. The van der Waals surface area contributed by atoms with Gasteiger partial charge in [-0.1, -0.05) is 16.8 Å². The van der Waals surface area contributed by atoms with Crippen LogP contribution in [0.4, 0.5) is 0 Å². The molecule has 0 aliphatic carbocycles. The van der Waals surface area contributed by atoms with E-state index in [1.54, 1.807) is 19.1 Å². The molecule has 0 aliphatic heterocycles. The molecule has 0 saturated carbocycles. The van der Waals surface area contributed by atoms with Crippen molar-refractivity contribution in [1.82, 2.24) is 15.1 Å². The average molecular weight is 262 g/mol. The summed E-state index contributed by atoms with van der Waals surface area (Å²) < 4.78 is 10.3. The molecule has 3 aromatic rings. The van der Waals surface area contributed by atoms with Crippen molar-refractivity contribution in [2.24, 2.45) is 0 Å². The average Bonchev–Trinajstić information content (AvgIpc) is 2.98. The highest BCUT2D eigenvalue weighted by Gasteiger charge is 2.13. The van der Waals surface area contributed by atoms with E-state index in [0.717, 1.165) is 5.56 Å². The highest BCUT2D eigenvalue weighted by molar-refractivity contribution is 6.30. The van der Waals surface area contributed by atoms with Gasteiger partial charge in [0, 0.05) is 17.5 Å². The van der Waals surface area contributed by atoms with Crippen LogP contribution in [-0.4, -0.2) is 15.1 Å². The van der Waals surface area contributed by atoms with Crippen LogP contribution in [0.25, 0.3) is 23.0 Å². The summed E-state index contributed by atoms with van der Waals surface area (Å²) in [5.74, 6) is 1.38. The first-order valence-corrected chi connectivity index (χ1v) is 5.62. The molecule has 90 valence electrons. The molecule has 0 fully saturated rings. The lowest BCUT2D eigenvalue weighted by atomic mass is 10.2. The fourth-order valence-corrected chi connectivity index (χ4v) is 1.63. The summed E-state index contributed by atoms with van der Waals surface area (Å²) in [6.45, 7) is 1.75. The molecule has 0 N–H and O–H groups in total. The van der Waals surface area contributed by atoms with Gasteiger partial charge in [0.05, 0.1) is 0 Å². The van der Waals surface area contributed by atoms with Gasteiger partial charge in [0.15, 0.2) is 5.89 Å². The second-order valence-corrected chi connectivity index (χ2v) is 4.12. The van der Waals surface area contributed by atoms with Gasteiger partial charge in [-0.05, 0) is 24.3 Å². The van der Waals surface area contributed by atoms with Crippen LogP contribution < -0.4 is 0 Å². The minimum Gasteiger partial charge on any atom is -0.449 e.